The number of benzene rings is 1. The molecule has 7 heteroatoms. The molecule has 0 saturated heterocycles. The molecule has 2 N–H and O–H groups in total. The molecule has 0 bridgehead atoms. The topological polar surface area (TPSA) is 83.5 Å². The highest BCUT2D eigenvalue weighted by atomic mass is 127. The van der Waals surface area contributed by atoms with Crippen molar-refractivity contribution in [2.75, 3.05) is 0 Å². The van der Waals surface area contributed by atoms with Crippen LogP contribution in [0.4, 0.5) is 0 Å². The molecule has 1 aromatic carbocycles. The second-order valence-electron chi connectivity index (χ2n) is 5.44. The van der Waals surface area contributed by atoms with Crippen molar-refractivity contribution in [2.45, 2.75) is 43.5 Å². The maximum absolute atomic E-state index is 12.4. The van der Waals surface area contributed by atoms with E-state index >= 15 is 0 Å². The molecule has 1 aliphatic carbocycles. The predicted molar refractivity (Wildman–Crippen MR) is 87.9 cm³/mol. The van der Waals surface area contributed by atoms with E-state index in [4.69, 9.17) is 5.11 Å². The number of sulfonamides is 1. The summed E-state index contributed by atoms with van der Waals surface area (Å²) in [4.78, 5) is 11.1. The summed E-state index contributed by atoms with van der Waals surface area (Å²) in [6, 6.07) is 4.11. The van der Waals surface area contributed by atoms with Crippen molar-refractivity contribution in [3.05, 3.63) is 27.3 Å². The maximum atomic E-state index is 12.4. The molecule has 2 atom stereocenters. The SMILES string of the molecule is CC1CCCCC1NS(=O)(=O)c1ccc(I)c(C(=O)O)c1. The molecule has 21 heavy (non-hydrogen) atoms. The Balaban J connectivity index is 2.27. The van der Waals surface area contributed by atoms with Gasteiger partial charge >= 0.3 is 5.97 Å². The summed E-state index contributed by atoms with van der Waals surface area (Å²) >= 11 is 1.88. The van der Waals surface area contributed by atoms with Gasteiger partial charge in [-0.05, 0) is 59.5 Å². The lowest BCUT2D eigenvalue weighted by atomic mass is 9.87. The number of halogens is 1. The van der Waals surface area contributed by atoms with Gasteiger partial charge < -0.3 is 5.11 Å². The molecular formula is C14H18INO4S. The first-order chi connectivity index (χ1) is 9.81. The van der Waals surface area contributed by atoms with Crippen molar-refractivity contribution in [1.29, 1.82) is 0 Å². The Bertz CT molecular complexity index is 644. The van der Waals surface area contributed by atoms with Crippen molar-refractivity contribution >= 4 is 38.6 Å². The third kappa shape index (κ3) is 3.95. The minimum absolute atomic E-state index is 0.00941. The van der Waals surface area contributed by atoms with Gasteiger partial charge in [0.1, 0.15) is 0 Å². The molecule has 0 aromatic heterocycles. The second-order valence-corrected chi connectivity index (χ2v) is 8.31. The number of nitrogens with one attached hydrogen (secondary N) is 1. The van der Waals surface area contributed by atoms with Gasteiger partial charge in [0.25, 0.3) is 0 Å². The molecule has 2 unspecified atom stereocenters. The van der Waals surface area contributed by atoms with Crippen LogP contribution in [-0.4, -0.2) is 25.5 Å². The van der Waals surface area contributed by atoms with Crippen molar-refractivity contribution in [2.24, 2.45) is 5.92 Å². The maximum Gasteiger partial charge on any atom is 0.336 e. The Morgan fingerprint density at radius 1 is 1.33 bits per heavy atom. The number of carboxylic acid groups (broad SMARTS) is 1. The van der Waals surface area contributed by atoms with Gasteiger partial charge in [0, 0.05) is 9.61 Å². The molecule has 1 fully saturated rings. The summed E-state index contributed by atoms with van der Waals surface area (Å²) in [6.45, 7) is 2.04. The average molecular weight is 423 g/mol. The molecule has 0 heterocycles. The average Bonchev–Trinajstić information content (AvgIpc) is 2.41. The first-order valence-corrected chi connectivity index (χ1v) is 9.42. The van der Waals surface area contributed by atoms with Crippen molar-refractivity contribution in [3.8, 4) is 0 Å². The zero-order valence-electron chi connectivity index (χ0n) is 11.7. The van der Waals surface area contributed by atoms with Crippen LogP contribution < -0.4 is 4.72 Å². The summed E-state index contributed by atoms with van der Waals surface area (Å²) in [7, 11) is -3.68. The van der Waals surface area contributed by atoms with Crippen LogP contribution in [0, 0.1) is 9.49 Å². The highest BCUT2D eigenvalue weighted by Crippen LogP contribution is 2.26. The summed E-state index contributed by atoms with van der Waals surface area (Å²) < 4.78 is 28.1. The molecule has 5 nitrogen and oxygen atoms in total. The molecule has 0 spiro atoms. The Morgan fingerprint density at radius 2 is 2.00 bits per heavy atom. The third-order valence-electron chi connectivity index (χ3n) is 3.90. The van der Waals surface area contributed by atoms with Crippen LogP contribution in [0.5, 0.6) is 0 Å². The van der Waals surface area contributed by atoms with E-state index in [1.807, 2.05) is 29.5 Å². The first kappa shape index (κ1) is 16.7. The van der Waals surface area contributed by atoms with E-state index in [2.05, 4.69) is 4.72 Å². The molecular weight excluding hydrogens is 405 g/mol. The van der Waals surface area contributed by atoms with Gasteiger partial charge in [0.15, 0.2) is 0 Å². The van der Waals surface area contributed by atoms with Gasteiger partial charge in [0.2, 0.25) is 10.0 Å². The highest BCUT2D eigenvalue weighted by molar-refractivity contribution is 14.1. The van der Waals surface area contributed by atoms with E-state index < -0.39 is 16.0 Å². The van der Waals surface area contributed by atoms with Gasteiger partial charge in [-0.25, -0.2) is 17.9 Å². The van der Waals surface area contributed by atoms with E-state index in [1.165, 1.54) is 18.2 Å². The van der Waals surface area contributed by atoms with Gasteiger partial charge in [-0.1, -0.05) is 19.8 Å². The summed E-state index contributed by atoms with van der Waals surface area (Å²) in [5.41, 5.74) is 0.00941. The van der Waals surface area contributed by atoms with Crippen LogP contribution in [0.3, 0.4) is 0 Å². The summed E-state index contributed by atoms with van der Waals surface area (Å²) in [5, 5.41) is 9.10. The highest BCUT2D eigenvalue weighted by Gasteiger charge is 2.27. The lowest BCUT2D eigenvalue weighted by Gasteiger charge is -2.29. The monoisotopic (exact) mass is 423 g/mol. The van der Waals surface area contributed by atoms with Crippen molar-refractivity contribution in [3.63, 3.8) is 0 Å². The summed E-state index contributed by atoms with van der Waals surface area (Å²) in [5.74, 6) is -0.821. The number of carbonyl (C=O) groups is 1. The number of rotatable bonds is 4. The lowest BCUT2D eigenvalue weighted by molar-refractivity contribution is 0.0695. The predicted octanol–water partition coefficient (Wildman–Crippen LogP) is 2.85. The fraction of sp³-hybridized carbons (Fsp3) is 0.500. The lowest BCUT2D eigenvalue weighted by Crippen LogP contribution is -2.41. The number of hydrogen-bond acceptors (Lipinski definition) is 3. The second kappa shape index (κ2) is 6.62. The van der Waals surface area contributed by atoms with Crippen molar-refractivity contribution in [1.82, 2.24) is 4.72 Å². The molecule has 1 saturated carbocycles. The van der Waals surface area contributed by atoms with Gasteiger partial charge in [-0.2, -0.15) is 0 Å². The Hall–Kier alpha value is -0.670. The smallest absolute Gasteiger partial charge is 0.336 e. The number of hydrogen-bond donors (Lipinski definition) is 2. The third-order valence-corrected chi connectivity index (χ3v) is 6.32. The number of aromatic carboxylic acids is 1. The van der Waals surface area contributed by atoms with Crippen LogP contribution in [0.25, 0.3) is 0 Å². The van der Waals surface area contributed by atoms with Crippen LogP contribution in [0.2, 0.25) is 0 Å². The van der Waals surface area contributed by atoms with Crippen LogP contribution in [0.15, 0.2) is 23.1 Å². The molecule has 0 radical (unpaired) electrons. The van der Waals surface area contributed by atoms with Crippen LogP contribution in [-0.2, 0) is 10.0 Å². The van der Waals surface area contributed by atoms with Crippen LogP contribution in [0.1, 0.15) is 43.0 Å². The van der Waals surface area contributed by atoms with Crippen molar-refractivity contribution < 1.29 is 18.3 Å². The first-order valence-electron chi connectivity index (χ1n) is 6.86. The van der Waals surface area contributed by atoms with E-state index in [0.29, 0.717) is 9.49 Å². The van der Waals surface area contributed by atoms with E-state index in [9.17, 15) is 13.2 Å². The van der Waals surface area contributed by atoms with E-state index in [1.54, 1.807) is 0 Å². The molecule has 1 aromatic rings. The fourth-order valence-electron chi connectivity index (χ4n) is 2.59. The normalized spacial score (nSPS) is 23.0. The zero-order valence-corrected chi connectivity index (χ0v) is 14.6. The molecule has 0 amide bonds. The van der Waals surface area contributed by atoms with Gasteiger partial charge in [-0.15, -0.1) is 0 Å². The molecule has 0 aliphatic heterocycles. The standard InChI is InChI=1S/C14H18INO4S/c1-9-4-2-3-5-13(9)16-21(19,20)10-6-7-12(15)11(8-10)14(17)18/h6-9,13,16H,2-5H2,1H3,(H,17,18). The summed E-state index contributed by atoms with van der Waals surface area (Å²) in [6.07, 6.45) is 3.99. The molecule has 2 rings (SSSR count). The Morgan fingerprint density at radius 3 is 2.62 bits per heavy atom. The van der Waals surface area contributed by atoms with Gasteiger partial charge in [-0.3, -0.25) is 0 Å². The zero-order chi connectivity index (χ0) is 15.6. The minimum atomic E-state index is -3.68. The van der Waals surface area contributed by atoms with E-state index in [-0.39, 0.29) is 16.5 Å². The Labute approximate surface area is 138 Å². The number of carboxylic acids is 1. The largest absolute Gasteiger partial charge is 0.478 e. The van der Waals surface area contributed by atoms with E-state index in [0.717, 1.165) is 25.7 Å². The molecule has 116 valence electrons. The molecule has 1 aliphatic rings. The minimum Gasteiger partial charge on any atom is -0.478 e. The fourth-order valence-corrected chi connectivity index (χ4v) is 4.57. The Kier molecular flexibility index (Phi) is 5.26. The van der Waals surface area contributed by atoms with Crippen LogP contribution >= 0.6 is 22.6 Å². The quantitative estimate of drug-likeness (QED) is 0.730. The van der Waals surface area contributed by atoms with Gasteiger partial charge in [0.05, 0.1) is 10.5 Å².